The average molecular weight is 478 g/mol. The van der Waals surface area contributed by atoms with E-state index in [1.165, 1.54) is 6.42 Å². The summed E-state index contributed by atoms with van der Waals surface area (Å²) in [6.45, 7) is 16.2. The number of nitrogens with zero attached hydrogens (tertiary/aromatic N) is 4. The van der Waals surface area contributed by atoms with Crippen LogP contribution in [0.5, 0.6) is 0 Å². The van der Waals surface area contributed by atoms with Crippen molar-refractivity contribution in [3.63, 3.8) is 0 Å². The standard InChI is InChI=1S/C19H38N6.HI/c1-7-24(8-2)12-9-10-17(5)23-19(20-6)22-14-18-21-11-13-25(18)15-16(3)4;/h11,13,16-17H,7-10,12,14-15H2,1-6H3,(H2,20,22,23);1H. The van der Waals surface area contributed by atoms with E-state index in [0.29, 0.717) is 18.5 Å². The number of aliphatic imine (C=N–C) groups is 1. The minimum absolute atomic E-state index is 0. The summed E-state index contributed by atoms with van der Waals surface area (Å²) in [5.74, 6) is 2.50. The molecule has 7 heteroatoms. The maximum absolute atomic E-state index is 4.45. The van der Waals surface area contributed by atoms with Gasteiger partial charge < -0.3 is 20.1 Å². The first kappa shape index (κ1) is 25.2. The van der Waals surface area contributed by atoms with E-state index >= 15 is 0 Å². The van der Waals surface area contributed by atoms with Crippen LogP contribution in [0.3, 0.4) is 0 Å². The zero-order chi connectivity index (χ0) is 18.7. The fraction of sp³-hybridized carbons (Fsp3) is 0.789. The SMILES string of the molecule is CCN(CC)CCCC(C)NC(=NC)NCc1nccn1CC(C)C.I. The first-order valence-corrected chi connectivity index (χ1v) is 9.69. The van der Waals surface area contributed by atoms with Crippen LogP contribution >= 0.6 is 24.0 Å². The van der Waals surface area contributed by atoms with E-state index < -0.39 is 0 Å². The van der Waals surface area contributed by atoms with Gasteiger partial charge in [0, 0.05) is 32.0 Å². The Morgan fingerprint density at radius 1 is 1.27 bits per heavy atom. The molecule has 0 aliphatic carbocycles. The minimum atomic E-state index is 0. The summed E-state index contributed by atoms with van der Waals surface area (Å²) in [6.07, 6.45) is 6.25. The highest BCUT2D eigenvalue weighted by Gasteiger charge is 2.09. The van der Waals surface area contributed by atoms with Gasteiger partial charge in [0.15, 0.2) is 5.96 Å². The van der Waals surface area contributed by atoms with Crippen LogP contribution in [0.15, 0.2) is 17.4 Å². The molecule has 1 aromatic rings. The highest BCUT2D eigenvalue weighted by Crippen LogP contribution is 2.04. The lowest BCUT2D eigenvalue weighted by atomic mass is 10.2. The van der Waals surface area contributed by atoms with Crippen molar-refractivity contribution in [2.75, 3.05) is 26.7 Å². The van der Waals surface area contributed by atoms with Crippen LogP contribution in [0.25, 0.3) is 0 Å². The summed E-state index contributed by atoms with van der Waals surface area (Å²) in [6, 6.07) is 0.400. The molecule has 0 saturated carbocycles. The molecule has 1 aromatic heterocycles. The molecule has 0 aliphatic rings. The van der Waals surface area contributed by atoms with Gasteiger partial charge in [-0.05, 0) is 45.3 Å². The minimum Gasteiger partial charge on any atom is -0.354 e. The summed E-state index contributed by atoms with van der Waals surface area (Å²) in [4.78, 5) is 11.3. The molecular weight excluding hydrogens is 439 g/mol. The van der Waals surface area contributed by atoms with E-state index in [4.69, 9.17) is 0 Å². The van der Waals surface area contributed by atoms with Crippen molar-refractivity contribution in [1.29, 1.82) is 0 Å². The van der Waals surface area contributed by atoms with Crippen LogP contribution in [0.2, 0.25) is 0 Å². The molecule has 0 radical (unpaired) electrons. The molecule has 6 nitrogen and oxygen atoms in total. The number of rotatable bonds is 11. The van der Waals surface area contributed by atoms with Crippen LogP contribution < -0.4 is 10.6 Å². The van der Waals surface area contributed by atoms with Gasteiger partial charge in [-0.3, -0.25) is 4.99 Å². The summed E-state index contributed by atoms with van der Waals surface area (Å²) in [5.41, 5.74) is 0. The highest BCUT2D eigenvalue weighted by molar-refractivity contribution is 14.0. The van der Waals surface area contributed by atoms with Crippen LogP contribution in [0, 0.1) is 5.92 Å². The Morgan fingerprint density at radius 2 is 1.96 bits per heavy atom. The number of imidazole rings is 1. The van der Waals surface area contributed by atoms with Crippen molar-refractivity contribution in [3.8, 4) is 0 Å². The Morgan fingerprint density at radius 3 is 2.54 bits per heavy atom. The quantitative estimate of drug-likeness (QED) is 0.291. The zero-order valence-electron chi connectivity index (χ0n) is 17.5. The van der Waals surface area contributed by atoms with Crippen molar-refractivity contribution in [2.45, 2.75) is 66.6 Å². The lowest BCUT2D eigenvalue weighted by Gasteiger charge is -2.21. The third kappa shape index (κ3) is 9.75. The first-order valence-electron chi connectivity index (χ1n) is 9.69. The monoisotopic (exact) mass is 478 g/mol. The number of halogens is 1. The van der Waals surface area contributed by atoms with E-state index in [-0.39, 0.29) is 24.0 Å². The molecule has 1 heterocycles. The van der Waals surface area contributed by atoms with E-state index in [9.17, 15) is 0 Å². The van der Waals surface area contributed by atoms with Crippen molar-refractivity contribution in [3.05, 3.63) is 18.2 Å². The fourth-order valence-corrected chi connectivity index (χ4v) is 2.89. The molecule has 1 atom stereocenters. The summed E-state index contributed by atoms with van der Waals surface area (Å²) in [5, 5.41) is 6.87. The second-order valence-corrected chi connectivity index (χ2v) is 7.03. The molecule has 1 unspecified atom stereocenters. The molecule has 2 N–H and O–H groups in total. The molecule has 0 amide bonds. The lowest BCUT2D eigenvalue weighted by Crippen LogP contribution is -2.42. The Balaban J connectivity index is 0.00000625. The van der Waals surface area contributed by atoms with Gasteiger partial charge in [0.2, 0.25) is 0 Å². The largest absolute Gasteiger partial charge is 0.354 e. The normalized spacial score (nSPS) is 13.0. The van der Waals surface area contributed by atoms with Crippen LogP contribution in [0.1, 0.15) is 53.3 Å². The Labute approximate surface area is 177 Å². The smallest absolute Gasteiger partial charge is 0.191 e. The second-order valence-electron chi connectivity index (χ2n) is 7.03. The summed E-state index contributed by atoms with van der Waals surface area (Å²) in [7, 11) is 1.82. The molecule has 0 aromatic carbocycles. The van der Waals surface area contributed by atoms with Gasteiger partial charge >= 0.3 is 0 Å². The van der Waals surface area contributed by atoms with Crippen molar-refractivity contribution in [1.82, 2.24) is 25.1 Å². The summed E-state index contributed by atoms with van der Waals surface area (Å²) >= 11 is 0. The fourth-order valence-electron chi connectivity index (χ4n) is 2.89. The Kier molecular flexibility index (Phi) is 13.8. The summed E-state index contributed by atoms with van der Waals surface area (Å²) < 4.78 is 2.21. The topological polar surface area (TPSA) is 57.5 Å². The van der Waals surface area contributed by atoms with Crippen LogP contribution in [-0.2, 0) is 13.1 Å². The molecule has 0 spiro atoms. The maximum Gasteiger partial charge on any atom is 0.191 e. The molecule has 0 fully saturated rings. The molecular formula is C19H39IN6. The third-order valence-corrected chi connectivity index (χ3v) is 4.39. The van der Waals surface area contributed by atoms with Crippen LogP contribution in [0.4, 0.5) is 0 Å². The van der Waals surface area contributed by atoms with Crippen molar-refractivity contribution < 1.29 is 0 Å². The van der Waals surface area contributed by atoms with Gasteiger partial charge in [0.05, 0.1) is 6.54 Å². The Hall–Kier alpha value is -0.830. The maximum atomic E-state index is 4.45. The molecule has 0 aliphatic heterocycles. The average Bonchev–Trinajstić information content (AvgIpc) is 3.01. The molecule has 0 saturated heterocycles. The second kappa shape index (κ2) is 14.3. The van der Waals surface area contributed by atoms with Crippen molar-refractivity contribution in [2.24, 2.45) is 10.9 Å². The number of guanidine groups is 1. The van der Waals surface area contributed by atoms with Gasteiger partial charge in [-0.25, -0.2) is 4.98 Å². The predicted octanol–water partition coefficient (Wildman–Crippen LogP) is 3.33. The predicted molar refractivity (Wildman–Crippen MR) is 122 cm³/mol. The van der Waals surface area contributed by atoms with E-state index in [0.717, 1.165) is 44.4 Å². The number of aromatic nitrogens is 2. The number of hydrogen-bond acceptors (Lipinski definition) is 3. The zero-order valence-corrected chi connectivity index (χ0v) is 19.8. The highest BCUT2D eigenvalue weighted by atomic mass is 127. The molecule has 1 rings (SSSR count). The van der Waals surface area contributed by atoms with Gasteiger partial charge in [-0.2, -0.15) is 0 Å². The van der Waals surface area contributed by atoms with Gasteiger partial charge in [0.1, 0.15) is 5.82 Å². The molecule has 0 bridgehead atoms. The number of nitrogens with one attached hydrogen (secondary N) is 2. The van der Waals surface area contributed by atoms with Gasteiger partial charge in [-0.1, -0.05) is 27.7 Å². The third-order valence-electron chi connectivity index (χ3n) is 4.39. The van der Waals surface area contributed by atoms with Gasteiger partial charge in [0.25, 0.3) is 0 Å². The first-order chi connectivity index (χ1) is 12.0. The van der Waals surface area contributed by atoms with E-state index in [1.54, 1.807) is 0 Å². The van der Waals surface area contributed by atoms with Gasteiger partial charge in [-0.15, -0.1) is 24.0 Å². The number of hydrogen-bond donors (Lipinski definition) is 2. The van der Waals surface area contributed by atoms with E-state index in [1.807, 2.05) is 19.4 Å². The lowest BCUT2D eigenvalue weighted by molar-refractivity contribution is 0.292. The Bertz CT molecular complexity index is 496. The molecule has 152 valence electrons. The van der Waals surface area contributed by atoms with E-state index in [2.05, 4.69) is 64.7 Å². The van der Waals surface area contributed by atoms with Crippen LogP contribution in [-0.4, -0.2) is 53.1 Å². The van der Waals surface area contributed by atoms with Crippen molar-refractivity contribution >= 4 is 29.9 Å². The molecule has 26 heavy (non-hydrogen) atoms.